The Kier molecular flexibility index (Phi) is 5.98. The van der Waals surface area contributed by atoms with E-state index in [1.54, 1.807) is 35.5 Å². The van der Waals surface area contributed by atoms with Crippen LogP contribution in [-0.2, 0) is 22.7 Å². The average Bonchev–Trinajstić information content (AvgIpc) is 3.12. The molecule has 1 saturated heterocycles. The third-order valence-corrected chi connectivity index (χ3v) is 6.87. The van der Waals surface area contributed by atoms with Crippen molar-refractivity contribution < 1.29 is 14.0 Å². The maximum Gasteiger partial charge on any atom is 0.420 e. The quantitative estimate of drug-likeness (QED) is 0.579. The highest BCUT2D eigenvalue weighted by atomic mass is 16.4. The van der Waals surface area contributed by atoms with Crippen LogP contribution in [0.2, 0.25) is 0 Å². The largest absolute Gasteiger partial charge is 0.420 e. The van der Waals surface area contributed by atoms with Crippen molar-refractivity contribution in [3.8, 4) is 0 Å². The Balaban J connectivity index is 1.33. The highest BCUT2D eigenvalue weighted by Gasteiger charge is 2.36. The minimum Gasteiger partial charge on any atom is -0.408 e. The van der Waals surface area contributed by atoms with E-state index in [0.717, 1.165) is 37.7 Å². The van der Waals surface area contributed by atoms with Crippen LogP contribution >= 0.6 is 0 Å². The van der Waals surface area contributed by atoms with Crippen LogP contribution in [0.25, 0.3) is 11.1 Å². The molecule has 3 heterocycles. The predicted octanol–water partition coefficient (Wildman–Crippen LogP) is 2.81. The average molecular weight is 449 g/mol. The molecule has 2 amide bonds. The lowest BCUT2D eigenvalue weighted by molar-refractivity contribution is -0.145. The first-order valence-electron chi connectivity index (χ1n) is 11.7. The summed E-state index contributed by atoms with van der Waals surface area (Å²) in [6.07, 6.45) is 8.17. The molecule has 2 aromatic heterocycles. The van der Waals surface area contributed by atoms with E-state index in [-0.39, 0.29) is 30.3 Å². The molecule has 1 saturated carbocycles. The maximum absolute atomic E-state index is 13.3. The first-order valence-corrected chi connectivity index (χ1v) is 11.7. The SMILES string of the molecule is O=C(Cn1c(=O)oc2ccccc21)N1CCCC(N(Cc2cccnc2)C(=O)C2CCC2)C1. The number of likely N-dealkylation sites (tertiary alicyclic amines) is 1. The number of hydrogen-bond donors (Lipinski definition) is 0. The van der Waals surface area contributed by atoms with Crippen molar-refractivity contribution in [2.24, 2.45) is 5.92 Å². The van der Waals surface area contributed by atoms with Gasteiger partial charge in [0.2, 0.25) is 11.8 Å². The van der Waals surface area contributed by atoms with Crippen LogP contribution in [-0.4, -0.2) is 50.3 Å². The summed E-state index contributed by atoms with van der Waals surface area (Å²) in [5.41, 5.74) is 2.08. The van der Waals surface area contributed by atoms with E-state index in [1.807, 2.05) is 23.1 Å². The second kappa shape index (κ2) is 9.21. The Morgan fingerprint density at radius 3 is 2.70 bits per heavy atom. The second-order valence-corrected chi connectivity index (χ2v) is 9.01. The predicted molar refractivity (Wildman–Crippen MR) is 122 cm³/mol. The Hall–Kier alpha value is -3.42. The third-order valence-electron chi connectivity index (χ3n) is 6.87. The molecule has 2 aliphatic rings. The van der Waals surface area contributed by atoms with E-state index >= 15 is 0 Å². The molecular weight excluding hydrogens is 420 g/mol. The number of benzene rings is 1. The van der Waals surface area contributed by atoms with Gasteiger partial charge in [0.1, 0.15) is 6.54 Å². The van der Waals surface area contributed by atoms with Crippen LogP contribution in [0.15, 0.2) is 58.0 Å². The zero-order valence-electron chi connectivity index (χ0n) is 18.6. The number of para-hydroxylation sites is 2. The molecule has 1 aliphatic carbocycles. The van der Waals surface area contributed by atoms with Crippen molar-refractivity contribution in [1.29, 1.82) is 0 Å². The second-order valence-electron chi connectivity index (χ2n) is 9.01. The zero-order valence-corrected chi connectivity index (χ0v) is 18.6. The first-order chi connectivity index (χ1) is 16.1. The highest BCUT2D eigenvalue weighted by molar-refractivity contribution is 5.81. The summed E-state index contributed by atoms with van der Waals surface area (Å²) >= 11 is 0. The van der Waals surface area contributed by atoms with Gasteiger partial charge in [-0.2, -0.15) is 0 Å². The zero-order chi connectivity index (χ0) is 22.8. The normalized spacial score (nSPS) is 18.8. The van der Waals surface area contributed by atoms with Gasteiger partial charge in [-0.05, 0) is 49.4 Å². The first kappa shape index (κ1) is 21.4. The van der Waals surface area contributed by atoms with Crippen LogP contribution in [0.3, 0.4) is 0 Å². The number of aromatic nitrogens is 2. The van der Waals surface area contributed by atoms with Gasteiger partial charge >= 0.3 is 5.76 Å². The number of pyridine rings is 1. The van der Waals surface area contributed by atoms with Crippen molar-refractivity contribution in [3.63, 3.8) is 0 Å². The lowest BCUT2D eigenvalue weighted by Gasteiger charge is -2.42. The number of nitrogens with zero attached hydrogens (tertiary/aromatic N) is 4. The Morgan fingerprint density at radius 1 is 1.09 bits per heavy atom. The molecule has 1 aromatic carbocycles. The third kappa shape index (κ3) is 4.42. The van der Waals surface area contributed by atoms with Crippen LogP contribution in [0, 0.1) is 5.92 Å². The van der Waals surface area contributed by atoms with Gasteiger partial charge in [-0.3, -0.25) is 19.1 Å². The van der Waals surface area contributed by atoms with Crippen molar-refractivity contribution in [2.45, 2.75) is 51.2 Å². The van der Waals surface area contributed by atoms with Crippen LogP contribution < -0.4 is 5.76 Å². The van der Waals surface area contributed by atoms with E-state index in [1.165, 1.54) is 4.57 Å². The number of carbonyl (C=O) groups excluding carboxylic acids is 2. The Bertz CT molecular complexity index is 1200. The fraction of sp³-hybridized carbons (Fsp3) is 0.440. The van der Waals surface area contributed by atoms with Gasteiger partial charge in [-0.25, -0.2) is 4.79 Å². The van der Waals surface area contributed by atoms with Gasteiger partial charge in [0.15, 0.2) is 5.58 Å². The standard InChI is InChI=1S/C25H28N4O4/c30-23(17-29-21-10-1-2-11-22(21)33-25(29)32)27-13-5-9-20(16-27)28(24(31)19-7-3-8-19)15-18-6-4-12-26-14-18/h1-2,4,6,10-12,14,19-20H,3,5,7-9,13,15-17H2. The molecule has 1 atom stereocenters. The molecule has 1 aliphatic heterocycles. The van der Waals surface area contributed by atoms with Gasteiger partial charge in [-0.1, -0.05) is 24.6 Å². The molecule has 1 unspecified atom stereocenters. The molecule has 0 spiro atoms. The van der Waals surface area contributed by atoms with Gasteiger partial charge in [0, 0.05) is 44.0 Å². The molecule has 33 heavy (non-hydrogen) atoms. The van der Waals surface area contributed by atoms with Gasteiger partial charge in [-0.15, -0.1) is 0 Å². The molecule has 8 heteroatoms. The topological polar surface area (TPSA) is 88.7 Å². The van der Waals surface area contributed by atoms with Crippen molar-refractivity contribution in [3.05, 3.63) is 64.9 Å². The summed E-state index contributed by atoms with van der Waals surface area (Å²) in [6.45, 7) is 1.53. The smallest absolute Gasteiger partial charge is 0.408 e. The van der Waals surface area contributed by atoms with Crippen molar-refractivity contribution in [2.75, 3.05) is 13.1 Å². The number of fused-ring (bicyclic) bond motifs is 1. The summed E-state index contributed by atoms with van der Waals surface area (Å²) in [6, 6.07) is 10.9. The van der Waals surface area contributed by atoms with E-state index in [4.69, 9.17) is 4.42 Å². The molecule has 8 nitrogen and oxygen atoms in total. The summed E-state index contributed by atoms with van der Waals surface area (Å²) in [4.78, 5) is 46.7. The van der Waals surface area contributed by atoms with Gasteiger partial charge in [0.05, 0.1) is 5.52 Å². The number of piperidine rings is 1. The van der Waals surface area contributed by atoms with Crippen LogP contribution in [0.5, 0.6) is 0 Å². The van der Waals surface area contributed by atoms with E-state index in [2.05, 4.69) is 4.98 Å². The minimum absolute atomic E-state index is 0.0474. The molecular formula is C25H28N4O4. The molecule has 0 N–H and O–H groups in total. The summed E-state index contributed by atoms with van der Waals surface area (Å²) < 4.78 is 6.65. The molecule has 3 aromatic rings. The molecule has 172 valence electrons. The van der Waals surface area contributed by atoms with Gasteiger partial charge in [0.25, 0.3) is 0 Å². The molecule has 0 radical (unpaired) electrons. The van der Waals surface area contributed by atoms with Crippen molar-refractivity contribution >= 4 is 22.9 Å². The van der Waals surface area contributed by atoms with E-state index in [9.17, 15) is 14.4 Å². The van der Waals surface area contributed by atoms with Crippen molar-refractivity contribution in [1.82, 2.24) is 19.4 Å². The number of oxazole rings is 1. The lowest BCUT2D eigenvalue weighted by Crippen LogP contribution is -2.53. The van der Waals surface area contributed by atoms with Gasteiger partial charge < -0.3 is 14.2 Å². The number of carbonyl (C=O) groups is 2. The molecule has 5 rings (SSSR count). The number of rotatable bonds is 6. The van der Waals surface area contributed by atoms with E-state index in [0.29, 0.717) is 30.7 Å². The number of amides is 2. The van der Waals surface area contributed by atoms with E-state index < -0.39 is 5.76 Å². The van der Waals surface area contributed by atoms with Crippen LogP contribution in [0.4, 0.5) is 0 Å². The Labute approximate surface area is 191 Å². The summed E-state index contributed by atoms with van der Waals surface area (Å²) in [7, 11) is 0. The fourth-order valence-corrected chi connectivity index (χ4v) is 4.80. The highest BCUT2D eigenvalue weighted by Crippen LogP contribution is 2.31. The monoisotopic (exact) mass is 448 g/mol. The Morgan fingerprint density at radius 2 is 1.94 bits per heavy atom. The number of hydrogen-bond acceptors (Lipinski definition) is 5. The fourth-order valence-electron chi connectivity index (χ4n) is 4.80. The maximum atomic E-state index is 13.3. The lowest BCUT2D eigenvalue weighted by atomic mass is 9.83. The summed E-state index contributed by atoms with van der Waals surface area (Å²) in [5.74, 6) is -0.396. The molecule has 2 fully saturated rings. The summed E-state index contributed by atoms with van der Waals surface area (Å²) in [5, 5.41) is 0. The minimum atomic E-state index is -0.531. The van der Waals surface area contributed by atoms with Crippen LogP contribution in [0.1, 0.15) is 37.7 Å². The molecule has 0 bridgehead atoms.